The van der Waals surface area contributed by atoms with Gasteiger partial charge in [0.2, 0.25) is 5.91 Å². The van der Waals surface area contributed by atoms with E-state index in [4.69, 9.17) is 5.11 Å². The molecule has 0 bridgehead atoms. The van der Waals surface area contributed by atoms with Crippen LogP contribution in [0.1, 0.15) is 15.9 Å². The second-order valence-corrected chi connectivity index (χ2v) is 5.18. The molecule has 1 amide bonds. The van der Waals surface area contributed by atoms with Crippen LogP contribution in [0.5, 0.6) is 0 Å². The number of aromatic carboxylic acids is 1. The Morgan fingerprint density at radius 2 is 1.90 bits per heavy atom. The van der Waals surface area contributed by atoms with E-state index in [9.17, 15) is 9.59 Å². The normalized spacial score (nSPS) is 10.1. The van der Waals surface area contributed by atoms with E-state index in [0.717, 1.165) is 17.3 Å². The van der Waals surface area contributed by atoms with Gasteiger partial charge < -0.3 is 10.4 Å². The lowest BCUT2D eigenvalue weighted by Gasteiger charge is -2.06. The molecule has 1 aromatic heterocycles. The van der Waals surface area contributed by atoms with Crippen LogP contribution < -0.4 is 5.32 Å². The standard InChI is InChI=1S/C15H14N2O3S/c18-13(17-9-11-5-2-1-3-6-11)10-21-14-12(15(19)20)7-4-8-16-14/h1-8H,9-10H2,(H,17,18)(H,19,20). The van der Waals surface area contributed by atoms with Gasteiger partial charge in [0, 0.05) is 12.7 Å². The van der Waals surface area contributed by atoms with Gasteiger partial charge in [-0.15, -0.1) is 0 Å². The zero-order valence-electron chi connectivity index (χ0n) is 11.2. The number of pyridine rings is 1. The fourth-order valence-corrected chi connectivity index (χ4v) is 2.47. The van der Waals surface area contributed by atoms with Crippen molar-refractivity contribution in [2.45, 2.75) is 11.6 Å². The first-order valence-corrected chi connectivity index (χ1v) is 7.27. The highest BCUT2D eigenvalue weighted by Gasteiger charge is 2.12. The van der Waals surface area contributed by atoms with Crippen molar-refractivity contribution in [2.75, 3.05) is 5.75 Å². The number of thioether (sulfide) groups is 1. The van der Waals surface area contributed by atoms with Crippen molar-refractivity contribution in [3.8, 4) is 0 Å². The molecule has 1 heterocycles. The van der Waals surface area contributed by atoms with Crippen LogP contribution in [0.2, 0.25) is 0 Å². The molecule has 0 spiro atoms. The number of hydrogen-bond donors (Lipinski definition) is 2. The molecular formula is C15H14N2O3S. The average Bonchev–Trinajstić information content (AvgIpc) is 2.52. The van der Waals surface area contributed by atoms with E-state index in [2.05, 4.69) is 10.3 Å². The Bertz CT molecular complexity index is 632. The van der Waals surface area contributed by atoms with Gasteiger partial charge in [0.25, 0.3) is 0 Å². The number of nitrogens with one attached hydrogen (secondary N) is 1. The molecule has 1 aromatic carbocycles. The van der Waals surface area contributed by atoms with Crippen LogP contribution in [-0.4, -0.2) is 27.7 Å². The summed E-state index contributed by atoms with van der Waals surface area (Å²) in [6, 6.07) is 12.6. The van der Waals surface area contributed by atoms with Crippen LogP contribution in [0.3, 0.4) is 0 Å². The molecule has 0 aliphatic carbocycles. The molecular weight excluding hydrogens is 288 g/mol. The maximum absolute atomic E-state index is 11.8. The molecule has 2 rings (SSSR count). The van der Waals surface area contributed by atoms with Crippen LogP contribution in [0.4, 0.5) is 0 Å². The first kappa shape index (κ1) is 15.1. The third-order valence-electron chi connectivity index (χ3n) is 2.67. The van der Waals surface area contributed by atoms with Crippen LogP contribution in [0.25, 0.3) is 0 Å². The molecule has 0 aliphatic heterocycles. The number of amides is 1. The first-order chi connectivity index (χ1) is 10.2. The number of benzene rings is 1. The van der Waals surface area contributed by atoms with E-state index in [1.807, 2.05) is 30.3 Å². The van der Waals surface area contributed by atoms with Crippen molar-refractivity contribution >= 4 is 23.6 Å². The highest BCUT2D eigenvalue weighted by molar-refractivity contribution is 8.00. The van der Waals surface area contributed by atoms with Gasteiger partial charge in [0.15, 0.2) is 0 Å². The average molecular weight is 302 g/mol. The zero-order chi connectivity index (χ0) is 15.1. The third-order valence-corrected chi connectivity index (χ3v) is 3.68. The number of carbonyl (C=O) groups is 2. The minimum absolute atomic E-state index is 0.110. The highest BCUT2D eigenvalue weighted by Crippen LogP contribution is 2.19. The van der Waals surface area contributed by atoms with E-state index in [1.54, 1.807) is 6.07 Å². The summed E-state index contributed by atoms with van der Waals surface area (Å²) < 4.78 is 0. The van der Waals surface area contributed by atoms with Crippen LogP contribution in [-0.2, 0) is 11.3 Å². The Morgan fingerprint density at radius 1 is 1.14 bits per heavy atom. The number of nitrogens with zero attached hydrogens (tertiary/aromatic N) is 1. The minimum atomic E-state index is -1.05. The Balaban J connectivity index is 1.86. The van der Waals surface area contributed by atoms with Gasteiger partial charge in [-0.05, 0) is 17.7 Å². The molecule has 0 atom stereocenters. The second-order valence-electron chi connectivity index (χ2n) is 4.21. The number of aromatic nitrogens is 1. The molecule has 0 aliphatic rings. The summed E-state index contributed by atoms with van der Waals surface area (Å²) in [5.41, 5.74) is 1.12. The number of hydrogen-bond acceptors (Lipinski definition) is 4. The summed E-state index contributed by atoms with van der Waals surface area (Å²) >= 11 is 1.11. The van der Waals surface area contributed by atoms with Gasteiger partial charge in [0.1, 0.15) is 5.03 Å². The molecule has 0 saturated carbocycles. The van der Waals surface area contributed by atoms with Gasteiger partial charge >= 0.3 is 5.97 Å². The summed E-state index contributed by atoms with van der Waals surface area (Å²) in [5, 5.41) is 12.2. The summed E-state index contributed by atoms with van der Waals surface area (Å²) in [6.45, 7) is 0.453. The van der Waals surface area contributed by atoms with E-state index in [-0.39, 0.29) is 17.2 Å². The lowest BCUT2D eigenvalue weighted by Crippen LogP contribution is -2.24. The lowest BCUT2D eigenvalue weighted by molar-refractivity contribution is -0.118. The molecule has 2 N–H and O–H groups in total. The van der Waals surface area contributed by atoms with Crippen molar-refractivity contribution in [3.63, 3.8) is 0 Å². The molecule has 6 heteroatoms. The Labute approximate surface area is 126 Å². The van der Waals surface area contributed by atoms with Gasteiger partial charge in [-0.3, -0.25) is 4.79 Å². The van der Waals surface area contributed by atoms with E-state index in [1.165, 1.54) is 12.3 Å². The predicted molar refractivity (Wildman–Crippen MR) is 80.2 cm³/mol. The van der Waals surface area contributed by atoms with Crippen LogP contribution >= 0.6 is 11.8 Å². The minimum Gasteiger partial charge on any atom is -0.478 e. The number of rotatable bonds is 6. The SMILES string of the molecule is O=C(CSc1ncccc1C(=O)O)NCc1ccccc1. The Morgan fingerprint density at radius 3 is 2.62 bits per heavy atom. The smallest absolute Gasteiger partial charge is 0.338 e. The van der Waals surface area contributed by atoms with Gasteiger partial charge in [-0.1, -0.05) is 42.1 Å². The predicted octanol–water partition coefficient (Wildman–Crippen LogP) is 2.19. The van der Waals surface area contributed by atoms with E-state index >= 15 is 0 Å². The summed E-state index contributed by atoms with van der Waals surface area (Å²) in [5.74, 6) is -1.08. The molecule has 21 heavy (non-hydrogen) atoms. The van der Waals surface area contributed by atoms with E-state index in [0.29, 0.717) is 11.6 Å². The molecule has 0 fully saturated rings. The summed E-state index contributed by atoms with van der Waals surface area (Å²) in [6.07, 6.45) is 1.51. The van der Waals surface area contributed by atoms with E-state index < -0.39 is 5.97 Å². The molecule has 5 nitrogen and oxygen atoms in total. The second kappa shape index (κ2) is 7.44. The molecule has 108 valence electrons. The molecule has 0 saturated heterocycles. The molecule has 0 radical (unpaired) electrons. The van der Waals surface area contributed by atoms with Gasteiger partial charge in [-0.25, -0.2) is 9.78 Å². The number of carbonyl (C=O) groups excluding carboxylic acids is 1. The van der Waals surface area contributed by atoms with Crippen molar-refractivity contribution in [2.24, 2.45) is 0 Å². The van der Waals surface area contributed by atoms with Crippen molar-refractivity contribution in [1.29, 1.82) is 0 Å². The fourth-order valence-electron chi connectivity index (χ4n) is 1.65. The maximum Gasteiger partial charge on any atom is 0.338 e. The fraction of sp³-hybridized carbons (Fsp3) is 0.133. The maximum atomic E-state index is 11.8. The quantitative estimate of drug-likeness (QED) is 0.800. The number of carboxylic acids is 1. The third kappa shape index (κ3) is 4.61. The van der Waals surface area contributed by atoms with Crippen LogP contribution in [0.15, 0.2) is 53.7 Å². The Hall–Kier alpha value is -2.34. The van der Waals surface area contributed by atoms with Crippen molar-refractivity contribution < 1.29 is 14.7 Å². The topological polar surface area (TPSA) is 79.3 Å². The van der Waals surface area contributed by atoms with Crippen LogP contribution in [0, 0.1) is 0 Å². The summed E-state index contributed by atoms with van der Waals surface area (Å²) in [4.78, 5) is 26.8. The first-order valence-electron chi connectivity index (χ1n) is 6.28. The Kier molecular flexibility index (Phi) is 5.34. The monoisotopic (exact) mass is 302 g/mol. The van der Waals surface area contributed by atoms with Gasteiger partial charge in [0.05, 0.1) is 11.3 Å². The summed E-state index contributed by atoms with van der Waals surface area (Å²) in [7, 11) is 0. The highest BCUT2D eigenvalue weighted by atomic mass is 32.2. The van der Waals surface area contributed by atoms with Gasteiger partial charge in [-0.2, -0.15) is 0 Å². The van der Waals surface area contributed by atoms with Crippen molar-refractivity contribution in [3.05, 3.63) is 59.8 Å². The zero-order valence-corrected chi connectivity index (χ0v) is 12.0. The van der Waals surface area contributed by atoms with Crippen molar-refractivity contribution in [1.82, 2.24) is 10.3 Å². The molecule has 0 unspecified atom stereocenters. The lowest BCUT2D eigenvalue weighted by atomic mass is 10.2. The largest absolute Gasteiger partial charge is 0.478 e. The number of carboxylic acid groups (broad SMARTS) is 1. The molecule has 2 aromatic rings.